The average molecular weight is 495 g/mol. The van der Waals surface area contributed by atoms with E-state index in [1.165, 1.54) is 0 Å². The highest BCUT2D eigenvalue weighted by molar-refractivity contribution is 5.96. The number of rotatable bonds is 8. The van der Waals surface area contributed by atoms with Crippen LogP contribution in [0.3, 0.4) is 0 Å². The molecule has 3 aliphatic rings. The zero-order valence-corrected chi connectivity index (χ0v) is 20.6. The lowest BCUT2D eigenvalue weighted by atomic mass is 10.1. The molecule has 2 amide bonds. The fraction of sp³-hybridized carbons (Fsp3) is 0.500. The number of piperazine rings is 1. The van der Waals surface area contributed by atoms with Crippen LogP contribution in [0.5, 0.6) is 11.5 Å². The Kier molecular flexibility index (Phi) is 8.03. The van der Waals surface area contributed by atoms with Gasteiger partial charge in [-0.1, -0.05) is 0 Å². The number of carbonyl (C=O) groups is 2. The number of amides is 2. The smallest absolute Gasteiger partial charge is 0.253 e. The minimum Gasteiger partial charge on any atom is -0.491 e. The fourth-order valence-corrected chi connectivity index (χ4v) is 4.80. The molecule has 0 spiro atoms. The highest BCUT2D eigenvalue weighted by Crippen LogP contribution is 2.20. The predicted molar refractivity (Wildman–Crippen MR) is 134 cm³/mol. The molecule has 0 N–H and O–H groups in total. The number of carbonyl (C=O) groups excluding carboxylic acids is 2. The SMILES string of the molecule is O=C(c1ccc(OCC2CCCO2)cc1)N1CCN(C(=O)c2ccc(OCC3CCCO3)cc2)CC1. The zero-order chi connectivity index (χ0) is 24.7. The van der Waals surface area contributed by atoms with Crippen molar-refractivity contribution in [2.24, 2.45) is 0 Å². The van der Waals surface area contributed by atoms with Crippen molar-refractivity contribution in [2.75, 3.05) is 52.6 Å². The first-order chi connectivity index (χ1) is 17.7. The van der Waals surface area contributed by atoms with Gasteiger partial charge in [0, 0.05) is 50.5 Å². The minimum absolute atomic E-state index is 0.0273. The van der Waals surface area contributed by atoms with Gasteiger partial charge < -0.3 is 28.7 Å². The van der Waals surface area contributed by atoms with Gasteiger partial charge in [-0.25, -0.2) is 0 Å². The molecule has 192 valence electrons. The third-order valence-corrected chi connectivity index (χ3v) is 6.98. The van der Waals surface area contributed by atoms with Gasteiger partial charge in [-0.05, 0) is 74.2 Å². The van der Waals surface area contributed by atoms with Gasteiger partial charge in [0.2, 0.25) is 0 Å². The molecule has 3 fully saturated rings. The topological polar surface area (TPSA) is 77.5 Å². The lowest BCUT2D eigenvalue weighted by molar-refractivity contribution is 0.0535. The molecule has 0 radical (unpaired) electrons. The van der Waals surface area contributed by atoms with Gasteiger partial charge in [0.15, 0.2) is 0 Å². The van der Waals surface area contributed by atoms with Crippen LogP contribution < -0.4 is 9.47 Å². The van der Waals surface area contributed by atoms with Crippen LogP contribution in [0.4, 0.5) is 0 Å². The summed E-state index contributed by atoms with van der Waals surface area (Å²) in [5.41, 5.74) is 1.25. The maximum Gasteiger partial charge on any atom is 0.253 e. The third kappa shape index (κ3) is 6.17. The quantitative estimate of drug-likeness (QED) is 0.560. The van der Waals surface area contributed by atoms with E-state index in [1.54, 1.807) is 34.1 Å². The maximum absolute atomic E-state index is 13.0. The Labute approximate surface area is 212 Å². The molecule has 2 aromatic rings. The van der Waals surface area contributed by atoms with Crippen LogP contribution in [-0.4, -0.2) is 86.4 Å². The maximum atomic E-state index is 13.0. The van der Waals surface area contributed by atoms with E-state index in [4.69, 9.17) is 18.9 Å². The van der Waals surface area contributed by atoms with Gasteiger partial charge in [0.1, 0.15) is 24.7 Å². The van der Waals surface area contributed by atoms with Gasteiger partial charge in [-0.3, -0.25) is 9.59 Å². The molecule has 0 aliphatic carbocycles. The molecule has 3 aliphatic heterocycles. The number of nitrogens with zero attached hydrogens (tertiary/aromatic N) is 2. The zero-order valence-electron chi connectivity index (χ0n) is 20.6. The van der Waals surface area contributed by atoms with Gasteiger partial charge in [-0.15, -0.1) is 0 Å². The fourth-order valence-electron chi connectivity index (χ4n) is 4.80. The molecule has 0 bridgehead atoms. The molecule has 3 heterocycles. The Morgan fingerprint density at radius 2 is 1.06 bits per heavy atom. The van der Waals surface area contributed by atoms with E-state index in [0.29, 0.717) is 50.5 Å². The molecule has 8 heteroatoms. The average Bonchev–Trinajstić information content (AvgIpc) is 3.65. The molecule has 2 atom stereocenters. The van der Waals surface area contributed by atoms with Crippen molar-refractivity contribution in [2.45, 2.75) is 37.9 Å². The molecule has 5 rings (SSSR count). The second-order valence-corrected chi connectivity index (χ2v) is 9.53. The van der Waals surface area contributed by atoms with Crippen LogP contribution in [0.15, 0.2) is 48.5 Å². The molecule has 0 aromatic heterocycles. The highest BCUT2D eigenvalue weighted by Gasteiger charge is 2.26. The van der Waals surface area contributed by atoms with E-state index in [-0.39, 0.29) is 24.0 Å². The first kappa shape index (κ1) is 24.6. The van der Waals surface area contributed by atoms with Crippen molar-refractivity contribution < 1.29 is 28.5 Å². The third-order valence-electron chi connectivity index (χ3n) is 6.98. The Morgan fingerprint density at radius 1 is 0.667 bits per heavy atom. The standard InChI is InChI=1S/C28H34N2O6/c31-27(21-5-9-23(10-6-21)35-19-25-3-1-17-33-25)29-13-15-30(16-14-29)28(32)22-7-11-24(12-8-22)36-20-26-4-2-18-34-26/h5-12,25-26H,1-4,13-20H2. The summed E-state index contributed by atoms with van der Waals surface area (Å²) in [6.45, 7) is 4.70. The van der Waals surface area contributed by atoms with E-state index in [1.807, 2.05) is 24.3 Å². The molecule has 3 saturated heterocycles. The van der Waals surface area contributed by atoms with Crippen molar-refractivity contribution in [3.63, 3.8) is 0 Å². The molecular weight excluding hydrogens is 460 g/mol. The molecule has 2 aromatic carbocycles. The Bertz CT molecular complexity index is 922. The number of ether oxygens (including phenoxy) is 4. The van der Waals surface area contributed by atoms with Gasteiger partial charge in [0.25, 0.3) is 11.8 Å². The van der Waals surface area contributed by atoms with Crippen LogP contribution in [0.1, 0.15) is 46.4 Å². The van der Waals surface area contributed by atoms with Gasteiger partial charge >= 0.3 is 0 Å². The molecule has 36 heavy (non-hydrogen) atoms. The van der Waals surface area contributed by atoms with Crippen LogP contribution >= 0.6 is 0 Å². The first-order valence-electron chi connectivity index (χ1n) is 12.9. The van der Waals surface area contributed by atoms with E-state index in [9.17, 15) is 9.59 Å². The summed E-state index contributed by atoms with van der Waals surface area (Å²) in [6.07, 6.45) is 4.54. The molecule has 8 nitrogen and oxygen atoms in total. The van der Waals surface area contributed by atoms with Crippen molar-refractivity contribution in [1.82, 2.24) is 9.80 Å². The van der Waals surface area contributed by atoms with Gasteiger partial charge in [-0.2, -0.15) is 0 Å². The van der Waals surface area contributed by atoms with Crippen LogP contribution in [0.25, 0.3) is 0 Å². The van der Waals surface area contributed by atoms with Crippen molar-refractivity contribution >= 4 is 11.8 Å². The van der Waals surface area contributed by atoms with E-state index < -0.39 is 0 Å². The Hall–Kier alpha value is -3.10. The van der Waals surface area contributed by atoms with Crippen LogP contribution in [0.2, 0.25) is 0 Å². The lowest BCUT2D eigenvalue weighted by Gasteiger charge is -2.35. The molecule has 2 unspecified atom stereocenters. The second-order valence-electron chi connectivity index (χ2n) is 9.53. The summed E-state index contributed by atoms with van der Waals surface area (Å²) in [4.78, 5) is 29.5. The number of hydrogen-bond donors (Lipinski definition) is 0. The van der Waals surface area contributed by atoms with E-state index in [2.05, 4.69) is 0 Å². The minimum atomic E-state index is -0.0273. The van der Waals surface area contributed by atoms with Crippen molar-refractivity contribution in [1.29, 1.82) is 0 Å². The van der Waals surface area contributed by atoms with Gasteiger partial charge in [0.05, 0.1) is 12.2 Å². The van der Waals surface area contributed by atoms with Crippen LogP contribution in [-0.2, 0) is 9.47 Å². The monoisotopic (exact) mass is 494 g/mol. The Balaban J connectivity index is 1.07. The van der Waals surface area contributed by atoms with E-state index in [0.717, 1.165) is 50.4 Å². The largest absolute Gasteiger partial charge is 0.491 e. The normalized spacial score (nSPS) is 22.0. The first-order valence-corrected chi connectivity index (χ1v) is 12.9. The summed E-state index contributed by atoms with van der Waals surface area (Å²) in [5.74, 6) is 1.42. The van der Waals surface area contributed by atoms with Crippen molar-refractivity contribution in [3.05, 3.63) is 59.7 Å². The summed E-state index contributed by atoms with van der Waals surface area (Å²) in [7, 11) is 0. The summed E-state index contributed by atoms with van der Waals surface area (Å²) >= 11 is 0. The summed E-state index contributed by atoms with van der Waals surface area (Å²) in [5, 5.41) is 0. The molecule has 0 saturated carbocycles. The number of hydrogen-bond acceptors (Lipinski definition) is 6. The number of benzene rings is 2. The Morgan fingerprint density at radius 3 is 1.39 bits per heavy atom. The van der Waals surface area contributed by atoms with E-state index >= 15 is 0 Å². The van der Waals surface area contributed by atoms with Crippen LogP contribution in [0, 0.1) is 0 Å². The second kappa shape index (κ2) is 11.8. The highest BCUT2D eigenvalue weighted by atomic mass is 16.5. The summed E-state index contributed by atoms with van der Waals surface area (Å²) < 4.78 is 22.7. The molecular formula is C28H34N2O6. The predicted octanol–water partition coefficient (Wildman–Crippen LogP) is 3.40. The summed E-state index contributed by atoms with van der Waals surface area (Å²) in [6, 6.07) is 14.5. The van der Waals surface area contributed by atoms with Crippen molar-refractivity contribution in [3.8, 4) is 11.5 Å². The lowest BCUT2D eigenvalue weighted by Crippen LogP contribution is -2.50.